The van der Waals surface area contributed by atoms with Crippen LogP contribution in [0, 0.1) is 0 Å². The molecular weight excluding hydrogens is 248 g/mol. The Morgan fingerprint density at radius 3 is 3.00 bits per heavy atom. The van der Waals surface area contributed by atoms with Gasteiger partial charge in [-0.1, -0.05) is 19.9 Å². The average Bonchev–Trinajstić information content (AvgIpc) is 3.07. The predicted molar refractivity (Wildman–Crippen MR) is 82.9 cm³/mol. The molecule has 2 aromatic rings. The van der Waals surface area contributed by atoms with E-state index in [-0.39, 0.29) is 0 Å². The van der Waals surface area contributed by atoms with Crippen molar-refractivity contribution in [3.63, 3.8) is 0 Å². The first kappa shape index (κ1) is 13.7. The molecule has 0 bridgehead atoms. The summed E-state index contributed by atoms with van der Waals surface area (Å²) in [5, 5.41) is 4.79. The number of hydrogen-bond acceptors (Lipinski definition) is 2. The Morgan fingerprint density at radius 1 is 1.35 bits per heavy atom. The van der Waals surface area contributed by atoms with E-state index in [2.05, 4.69) is 54.2 Å². The van der Waals surface area contributed by atoms with Crippen LogP contribution in [0.5, 0.6) is 0 Å². The van der Waals surface area contributed by atoms with Crippen LogP contribution in [0.4, 0.5) is 0 Å². The molecule has 0 aliphatic carbocycles. The van der Waals surface area contributed by atoms with Crippen LogP contribution in [0.15, 0.2) is 30.5 Å². The summed E-state index contributed by atoms with van der Waals surface area (Å²) in [4.78, 5) is 0. The Hall–Kier alpha value is -1.32. The van der Waals surface area contributed by atoms with Gasteiger partial charge < -0.3 is 14.6 Å². The lowest BCUT2D eigenvalue weighted by Gasteiger charge is -2.12. The van der Waals surface area contributed by atoms with E-state index < -0.39 is 0 Å². The third-order valence-corrected chi connectivity index (χ3v) is 3.97. The third kappa shape index (κ3) is 3.05. The quantitative estimate of drug-likeness (QED) is 0.903. The summed E-state index contributed by atoms with van der Waals surface area (Å²) in [7, 11) is 0. The molecule has 2 heterocycles. The molecule has 0 amide bonds. The van der Waals surface area contributed by atoms with Crippen LogP contribution in [-0.4, -0.2) is 23.3 Å². The van der Waals surface area contributed by atoms with Crippen molar-refractivity contribution in [2.45, 2.75) is 51.9 Å². The smallest absolute Gasteiger partial charge is 0.0754 e. The van der Waals surface area contributed by atoms with Crippen molar-refractivity contribution in [2.75, 3.05) is 6.61 Å². The van der Waals surface area contributed by atoms with E-state index in [4.69, 9.17) is 4.74 Å². The first-order valence-electron chi connectivity index (χ1n) is 7.65. The highest BCUT2D eigenvalue weighted by Gasteiger charge is 2.16. The van der Waals surface area contributed by atoms with Crippen molar-refractivity contribution >= 4 is 10.9 Å². The SMILES string of the molecule is CC(C)NCc1ccc2c(ccn2CC2CCCO2)c1. The number of fused-ring (bicyclic) bond motifs is 1. The minimum atomic E-state index is 0.396. The van der Waals surface area contributed by atoms with E-state index in [0.717, 1.165) is 19.7 Å². The second-order valence-electron chi connectivity index (χ2n) is 6.03. The molecule has 20 heavy (non-hydrogen) atoms. The van der Waals surface area contributed by atoms with Crippen molar-refractivity contribution in [2.24, 2.45) is 0 Å². The molecule has 3 rings (SSSR count). The highest BCUT2D eigenvalue weighted by atomic mass is 16.5. The molecule has 3 heteroatoms. The summed E-state index contributed by atoms with van der Waals surface area (Å²) in [6, 6.07) is 9.49. The van der Waals surface area contributed by atoms with E-state index in [1.807, 2.05) is 0 Å². The molecule has 1 fully saturated rings. The van der Waals surface area contributed by atoms with E-state index in [1.165, 1.54) is 29.3 Å². The van der Waals surface area contributed by atoms with Crippen LogP contribution < -0.4 is 5.32 Å². The van der Waals surface area contributed by atoms with Gasteiger partial charge in [0.1, 0.15) is 0 Å². The number of hydrogen-bond donors (Lipinski definition) is 1. The van der Waals surface area contributed by atoms with Gasteiger partial charge in [-0.3, -0.25) is 0 Å². The van der Waals surface area contributed by atoms with Crippen molar-refractivity contribution in [3.8, 4) is 0 Å². The highest BCUT2D eigenvalue weighted by Crippen LogP contribution is 2.21. The third-order valence-electron chi connectivity index (χ3n) is 3.97. The normalized spacial score (nSPS) is 19.2. The molecule has 1 aliphatic heterocycles. The van der Waals surface area contributed by atoms with Crippen molar-refractivity contribution < 1.29 is 4.74 Å². The van der Waals surface area contributed by atoms with Gasteiger partial charge in [0, 0.05) is 37.5 Å². The molecule has 1 saturated heterocycles. The first-order valence-corrected chi connectivity index (χ1v) is 7.65. The minimum absolute atomic E-state index is 0.396. The van der Waals surface area contributed by atoms with Crippen LogP contribution in [0.3, 0.4) is 0 Å². The fraction of sp³-hybridized carbons (Fsp3) is 0.529. The molecule has 0 saturated carbocycles. The number of nitrogens with zero attached hydrogens (tertiary/aromatic N) is 1. The molecule has 0 radical (unpaired) electrons. The number of benzene rings is 1. The first-order chi connectivity index (χ1) is 9.72. The van der Waals surface area contributed by atoms with Gasteiger partial charge in [0.15, 0.2) is 0 Å². The largest absolute Gasteiger partial charge is 0.376 e. The van der Waals surface area contributed by atoms with E-state index in [9.17, 15) is 0 Å². The van der Waals surface area contributed by atoms with Gasteiger partial charge in [-0.2, -0.15) is 0 Å². The van der Waals surface area contributed by atoms with Crippen LogP contribution in [0.25, 0.3) is 10.9 Å². The summed E-state index contributed by atoms with van der Waals surface area (Å²) < 4.78 is 8.06. The summed E-state index contributed by atoms with van der Waals surface area (Å²) in [6.07, 6.45) is 4.98. The minimum Gasteiger partial charge on any atom is -0.376 e. The van der Waals surface area contributed by atoms with Crippen LogP contribution >= 0.6 is 0 Å². The van der Waals surface area contributed by atoms with Crippen LogP contribution in [-0.2, 0) is 17.8 Å². The van der Waals surface area contributed by atoms with Gasteiger partial charge >= 0.3 is 0 Å². The van der Waals surface area contributed by atoms with Gasteiger partial charge in [0.05, 0.1) is 6.10 Å². The number of aromatic nitrogens is 1. The van der Waals surface area contributed by atoms with Crippen LogP contribution in [0.2, 0.25) is 0 Å². The van der Waals surface area contributed by atoms with Gasteiger partial charge in [0.2, 0.25) is 0 Å². The molecule has 1 aromatic carbocycles. The van der Waals surface area contributed by atoms with Gasteiger partial charge in [-0.25, -0.2) is 0 Å². The molecule has 0 spiro atoms. The average molecular weight is 272 g/mol. The maximum absolute atomic E-state index is 5.73. The lowest BCUT2D eigenvalue weighted by atomic mass is 10.1. The Morgan fingerprint density at radius 2 is 2.25 bits per heavy atom. The molecular formula is C17H24N2O. The van der Waals surface area contributed by atoms with E-state index in [0.29, 0.717) is 12.1 Å². The lowest BCUT2D eigenvalue weighted by Crippen LogP contribution is -2.21. The van der Waals surface area contributed by atoms with E-state index >= 15 is 0 Å². The zero-order valence-electron chi connectivity index (χ0n) is 12.4. The standard InChI is InChI=1S/C17H24N2O/c1-13(2)18-11-14-5-6-17-15(10-14)7-8-19(17)12-16-4-3-9-20-16/h5-8,10,13,16,18H,3-4,9,11-12H2,1-2H3. The van der Waals surface area contributed by atoms with Crippen molar-refractivity contribution in [1.82, 2.24) is 9.88 Å². The monoisotopic (exact) mass is 272 g/mol. The maximum Gasteiger partial charge on any atom is 0.0754 e. The van der Waals surface area contributed by atoms with E-state index in [1.54, 1.807) is 0 Å². The van der Waals surface area contributed by atoms with Crippen molar-refractivity contribution in [3.05, 3.63) is 36.0 Å². The topological polar surface area (TPSA) is 26.2 Å². The Bertz CT molecular complexity index is 567. The van der Waals surface area contributed by atoms with Gasteiger partial charge in [-0.05, 0) is 42.0 Å². The molecule has 108 valence electrons. The predicted octanol–water partition coefficient (Wildman–Crippen LogP) is 3.32. The Labute approximate surface area is 120 Å². The molecule has 1 aliphatic rings. The molecule has 1 N–H and O–H groups in total. The maximum atomic E-state index is 5.73. The summed E-state index contributed by atoms with van der Waals surface area (Å²) in [6.45, 7) is 7.19. The second-order valence-corrected chi connectivity index (χ2v) is 6.03. The summed E-state index contributed by atoms with van der Waals surface area (Å²) >= 11 is 0. The van der Waals surface area contributed by atoms with Crippen LogP contribution in [0.1, 0.15) is 32.3 Å². The highest BCUT2D eigenvalue weighted by molar-refractivity contribution is 5.80. The van der Waals surface area contributed by atoms with Gasteiger partial charge in [-0.15, -0.1) is 0 Å². The molecule has 1 aromatic heterocycles. The number of ether oxygens (including phenoxy) is 1. The second kappa shape index (κ2) is 5.98. The Kier molecular flexibility index (Phi) is 4.08. The van der Waals surface area contributed by atoms with Gasteiger partial charge in [0.25, 0.3) is 0 Å². The summed E-state index contributed by atoms with van der Waals surface area (Å²) in [5.41, 5.74) is 2.66. The zero-order valence-corrected chi connectivity index (χ0v) is 12.4. The fourth-order valence-electron chi connectivity index (χ4n) is 2.85. The fourth-order valence-corrected chi connectivity index (χ4v) is 2.85. The zero-order chi connectivity index (χ0) is 13.9. The Balaban J connectivity index is 1.75. The molecule has 1 unspecified atom stereocenters. The van der Waals surface area contributed by atoms with Crippen molar-refractivity contribution in [1.29, 1.82) is 0 Å². The lowest BCUT2D eigenvalue weighted by molar-refractivity contribution is 0.0980. The summed E-state index contributed by atoms with van der Waals surface area (Å²) in [5.74, 6) is 0. The number of nitrogens with one attached hydrogen (secondary N) is 1. The molecule has 1 atom stereocenters. The number of rotatable bonds is 5. The molecule has 3 nitrogen and oxygen atoms in total.